The second kappa shape index (κ2) is 44.5. The third kappa shape index (κ3) is 44.2. The summed E-state index contributed by atoms with van der Waals surface area (Å²) in [5.41, 5.74) is 12.1. The fourth-order valence-electron chi connectivity index (χ4n) is 4.47. The van der Waals surface area contributed by atoms with Crippen LogP contribution in [0.1, 0.15) is 81.7 Å². The van der Waals surface area contributed by atoms with E-state index < -0.39 is 133 Å². The van der Waals surface area contributed by atoms with E-state index in [1.54, 1.807) is 0 Å². The number of imidazole rings is 2. The van der Waals surface area contributed by atoms with Crippen LogP contribution in [0.3, 0.4) is 0 Å². The SMILES string of the molecule is CC(=O)O.CC(=O)O.CC(=O)O.CC(=O)O.CC(=O)O.CC(=O)O.CC(=O)O.CC(=O)O.CC(=O)O.CC(=O)O.Nc1nc([N+](=O)[O-])nc2c1ncn2[C@@H]1O[C@H](CO)[C@@H](O)[C@H]1O.Nc1ncnc2c1ncn2[C@@H]1O[C@H](CO)[C@@H](O)[C@H]1O. The van der Waals surface area contributed by atoms with Crippen molar-refractivity contribution in [3.8, 4) is 0 Å². The van der Waals surface area contributed by atoms with Gasteiger partial charge in [-0.15, -0.1) is 0 Å². The Morgan fingerprint density at radius 3 is 0.975 bits per heavy atom. The number of carboxylic acid groups (broad SMARTS) is 10. The lowest BCUT2D eigenvalue weighted by Crippen LogP contribution is -2.33. The van der Waals surface area contributed by atoms with E-state index in [4.69, 9.17) is 130 Å². The molecule has 4 aromatic heterocycles. The smallest absolute Gasteiger partial charge is 0.473 e. The van der Waals surface area contributed by atoms with Crippen molar-refractivity contribution in [2.75, 3.05) is 24.7 Å². The first-order valence-electron chi connectivity index (χ1n) is 21.2. The molecule has 2 saturated heterocycles. The molecule has 0 aromatic carbocycles. The predicted molar refractivity (Wildman–Crippen MR) is 265 cm³/mol. The Morgan fingerprint density at radius 1 is 0.469 bits per heavy atom. The van der Waals surface area contributed by atoms with Crippen molar-refractivity contribution in [1.82, 2.24) is 39.0 Å². The molecule has 0 aliphatic carbocycles. The van der Waals surface area contributed by atoms with Gasteiger partial charge in [-0.2, -0.15) is 0 Å². The Kier molecular flexibility index (Phi) is 45.5. The summed E-state index contributed by atoms with van der Waals surface area (Å²) in [5, 5.41) is 143. The maximum absolute atomic E-state index is 10.8. The van der Waals surface area contributed by atoms with Crippen molar-refractivity contribution in [3.05, 3.63) is 29.1 Å². The van der Waals surface area contributed by atoms with Gasteiger partial charge in [0.1, 0.15) is 54.8 Å². The average Bonchev–Trinajstić information content (AvgIpc) is 4.03. The predicted octanol–water partition coefficient (Wildman–Crippen LogP) is -3.14. The first-order valence-corrected chi connectivity index (χ1v) is 21.2. The van der Waals surface area contributed by atoms with Crippen molar-refractivity contribution in [2.24, 2.45) is 0 Å². The van der Waals surface area contributed by atoms with Crippen molar-refractivity contribution >= 4 is 99.6 Å². The lowest BCUT2D eigenvalue weighted by molar-refractivity contribution is -0.394. The summed E-state index contributed by atoms with van der Waals surface area (Å²) >= 11 is 0. The molecule has 0 saturated carbocycles. The van der Waals surface area contributed by atoms with Gasteiger partial charge in [-0.1, -0.05) is 0 Å². The van der Waals surface area contributed by atoms with Gasteiger partial charge >= 0.3 is 5.95 Å². The van der Waals surface area contributed by atoms with Gasteiger partial charge in [0.15, 0.2) is 29.4 Å². The molecule has 2 aliphatic heterocycles. The van der Waals surface area contributed by atoms with Crippen molar-refractivity contribution in [1.29, 1.82) is 0 Å². The van der Waals surface area contributed by atoms with Gasteiger partial charge in [0, 0.05) is 69.2 Å². The molecule has 0 amide bonds. The molecule has 0 bridgehead atoms. The van der Waals surface area contributed by atoms with Crippen LogP contribution in [-0.2, 0) is 57.4 Å². The van der Waals surface area contributed by atoms with E-state index in [1.807, 2.05) is 0 Å². The molecule has 460 valence electrons. The molecule has 4 aromatic rings. The first kappa shape index (κ1) is 82.8. The zero-order valence-corrected chi connectivity index (χ0v) is 44.3. The summed E-state index contributed by atoms with van der Waals surface area (Å²) in [6, 6.07) is 0. The summed E-state index contributed by atoms with van der Waals surface area (Å²) in [6.07, 6.45) is -5.02. The van der Waals surface area contributed by atoms with Crippen LogP contribution in [0, 0.1) is 10.1 Å². The number of nitrogen functional groups attached to an aromatic ring is 2. The molecular weight excluding hydrogens is 1110 g/mol. The number of aromatic nitrogens is 8. The van der Waals surface area contributed by atoms with Gasteiger partial charge in [-0.05, 0) is 14.9 Å². The number of nitrogens with two attached hydrogens (primary N) is 2. The number of nitro groups is 1. The van der Waals surface area contributed by atoms with Gasteiger partial charge in [0.25, 0.3) is 59.7 Å². The van der Waals surface area contributed by atoms with Gasteiger partial charge < -0.3 is 113 Å². The van der Waals surface area contributed by atoms with Crippen molar-refractivity contribution in [2.45, 2.75) is 118 Å². The van der Waals surface area contributed by atoms with Crippen LogP contribution in [-0.4, -0.2) is 235 Å². The van der Waals surface area contributed by atoms with Crippen LogP contribution in [0.5, 0.6) is 0 Å². The largest absolute Gasteiger partial charge is 0.481 e. The summed E-state index contributed by atoms with van der Waals surface area (Å²) in [6.45, 7) is 9.94. The van der Waals surface area contributed by atoms with Crippen LogP contribution in [0.4, 0.5) is 17.6 Å². The zero-order valence-electron chi connectivity index (χ0n) is 44.3. The highest BCUT2D eigenvalue weighted by atomic mass is 16.6. The lowest BCUT2D eigenvalue weighted by Gasteiger charge is -2.16. The Hall–Kier alpha value is -9.52. The molecule has 0 unspecified atom stereocenters. The van der Waals surface area contributed by atoms with E-state index >= 15 is 0 Å². The highest BCUT2D eigenvalue weighted by Gasteiger charge is 2.45. The van der Waals surface area contributed by atoms with E-state index in [2.05, 4.69) is 29.9 Å². The monoisotopic (exact) mass is 1180 g/mol. The average molecular weight is 1180 g/mol. The van der Waals surface area contributed by atoms with Crippen molar-refractivity contribution in [3.63, 3.8) is 0 Å². The van der Waals surface area contributed by atoms with E-state index in [0.29, 0.717) is 11.2 Å². The number of anilines is 2. The molecule has 6 heterocycles. The Labute approximate surface area is 454 Å². The minimum atomic E-state index is -1.37. The molecule has 0 radical (unpaired) electrons. The Morgan fingerprint density at radius 2 is 0.728 bits per heavy atom. The topological polar surface area (TPSA) is 695 Å². The molecule has 41 nitrogen and oxygen atoms in total. The second-order valence-electron chi connectivity index (χ2n) is 14.2. The highest BCUT2D eigenvalue weighted by molar-refractivity contribution is 5.82. The number of carboxylic acids is 10. The van der Waals surface area contributed by atoms with Crippen LogP contribution < -0.4 is 11.5 Å². The summed E-state index contributed by atoms with van der Waals surface area (Å²) < 4.78 is 13.4. The van der Waals surface area contributed by atoms with Crippen LogP contribution >= 0.6 is 0 Å². The summed E-state index contributed by atoms with van der Waals surface area (Å²) in [7, 11) is 0. The number of rotatable bonds is 5. The molecule has 2 fully saturated rings. The van der Waals surface area contributed by atoms with E-state index in [-0.39, 0.29) is 22.8 Å². The van der Waals surface area contributed by atoms with Gasteiger partial charge in [0.05, 0.1) is 19.5 Å². The number of fused-ring (bicyclic) bond motifs is 2. The summed E-state index contributed by atoms with van der Waals surface area (Å²) in [5.74, 6) is -9.03. The third-order valence-corrected chi connectivity index (χ3v) is 6.57. The van der Waals surface area contributed by atoms with E-state index in [9.17, 15) is 30.5 Å². The number of aliphatic hydroxyl groups excluding tert-OH is 6. The zero-order chi connectivity index (χ0) is 65.4. The molecule has 0 spiro atoms. The number of hydrogen-bond donors (Lipinski definition) is 18. The number of ether oxygens (including phenoxy) is 2. The van der Waals surface area contributed by atoms with Gasteiger partial charge in [0.2, 0.25) is 11.5 Å². The molecule has 20 N–H and O–H groups in total. The maximum Gasteiger partial charge on any atom is 0.473 e. The lowest BCUT2D eigenvalue weighted by atomic mass is 10.1. The molecular formula is C40H65N11O30. The normalized spacial score (nSPS) is 18.1. The number of aliphatic carboxylic acids is 10. The first-order chi connectivity index (χ1) is 36.9. The molecule has 41 heteroatoms. The van der Waals surface area contributed by atoms with Gasteiger partial charge in [-0.3, -0.25) is 57.1 Å². The van der Waals surface area contributed by atoms with Crippen LogP contribution in [0.15, 0.2) is 19.0 Å². The minimum Gasteiger partial charge on any atom is -0.481 e. The fraction of sp³-hybridized carbons (Fsp3) is 0.500. The second-order valence-corrected chi connectivity index (χ2v) is 14.2. The number of carbonyl (C=O) groups is 10. The Bertz CT molecular complexity index is 2370. The van der Waals surface area contributed by atoms with Crippen molar-refractivity contribution < 1.29 is 144 Å². The van der Waals surface area contributed by atoms with E-state index in [1.165, 1.54) is 28.1 Å². The van der Waals surface area contributed by atoms with Crippen LogP contribution in [0.2, 0.25) is 0 Å². The molecule has 81 heavy (non-hydrogen) atoms. The molecule has 6 rings (SSSR count). The van der Waals surface area contributed by atoms with Crippen LogP contribution in [0.25, 0.3) is 22.3 Å². The number of nitrogens with zero attached hydrogens (tertiary/aromatic N) is 9. The summed E-state index contributed by atoms with van der Waals surface area (Å²) in [4.78, 5) is 123. The molecule has 8 atom stereocenters. The quantitative estimate of drug-likeness (QED) is 0.0693. The third-order valence-electron chi connectivity index (χ3n) is 6.57. The number of hydrogen-bond acceptors (Lipinski definition) is 28. The number of aliphatic hydroxyl groups is 6. The van der Waals surface area contributed by atoms with E-state index in [0.717, 1.165) is 69.2 Å². The van der Waals surface area contributed by atoms with Gasteiger partial charge in [-0.25, -0.2) is 19.9 Å². The maximum atomic E-state index is 10.8. The molecule has 2 aliphatic rings. The minimum absolute atomic E-state index is 0.0194. The fourth-order valence-corrected chi connectivity index (χ4v) is 4.47. The standard InChI is InChI=1S/C10H12N6O6.C10H13N5O4.10C2H4O2/c11-7-4-8(14-10(13-7)16(20)21)15(2-12-4)9-6(19)5(18)3(1-17)22-9;11-8-5-9(13-2-12-8)15(3-14-5)10-7(18)6(17)4(1-16)19-10;10*1-2(3)4/h2-3,5-6,9,17-19H,1H2,(H2,11,13,14);2-4,6-7,10,16-18H,1H2,(H2,11,12,13);10*1H3,(H,3,4)/t3-,5-,6-,9-;4-,6-,7-,10-;;;;;;;;;;/m11........../s1. The highest BCUT2D eigenvalue weighted by Crippen LogP contribution is 2.33. The Balaban J connectivity index is -0.000000213.